The maximum Gasteiger partial charge on any atom is 0.417 e. The molecule has 10 heteroatoms. The van der Waals surface area contributed by atoms with Gasteiger partial charge in [0.15, 0.2) is 5.76 Å². The number of rotatable bonds is 6. The third-order valence-corrected chi connectivity index (χ3v) is 5.12. The molecule has 0 amide bonds. The summed E-state index contributed by atoms with van der Waals surface area (Å²) in [4.78, 5) is 13.9. The molecule has 164 valence electrons. The van der Waals surface area contributed by atoms with Crippen LogP contribution in [0.25, 0.3) is 22.6 Å². The average molecular weight is 462 g/mol. The van der Waals surface area contributed by atoms with Gasteiger partial charge in [0.1, 0.15) is 5.69 Å². The van der Waals surface area contributed by atoms with Crippen molar-refractivity contribution in [1.29, 1.82) is 0 Å². The number of hydrogen-bond donors (Lipinski definition) is 3. The van der Waals surface area contributed by atoms with Crippen molar-refractivity contribution in [2.24, 2.45) is 0 Å². The Kier molecular flexibility index (Phi) is 5.67. The predicted molar refractivity (Wildman–Crippen MR) is 112 cm³/mol. The molecule has 3 N–H and O–H groups in total. The van der Waals surface area contributed by atoms with E-state index in [2.05, 4.69) is 15.5 Å². The van der Waals surface area contributed by atoms with E-state index in [1.807, 2.05) is 0 Å². The highest BCUT2D eigenvalue weighted by Crippen LogP contribution is 2.43. The van der Waals surface area contributed by atoms with Crippen LogP contribution in [0.3, 0.4) is 0 Å². The zero-order valence-electron chi connectivity index (χ0n) is 16.2. The van der Waals surface area contributed by atoms with Crippen LogP contribution in [-0.4, -0.2) is 21.2 Å². The third-order valence-electron chi connectivity index (χ3n) is 4.81. The van der Waals surface area contributed by atoms with E-state index in [0.29, 0.717) is 16.8 Å². The van der Waals surface area contributed by atoms with Crippen molar-refractivity contribution in [1.82, 2.24) is 10.1 Å². The summed E-state index contributed by atoms with van der Waals surface area (Å²) in [5.74, 6) is -0.782. The van der Waals surface area contributed by atoms with Crippen molar-refractivity contribution in [2.45, 2.75) is 12.7 Å². The van der Waals surface area contributed by atoms with Gasteiger partial charge in [-0.05, 0) is 42.5 Å². The SMILES string of the molecule is O=C(O)c1ccc(NCc2c(-c3c(Cl)cccc3C(F)(F)F)noc2-c2cc[nH]c2)cc1. The lowest BCUT2D eigenvalue weighted by Crippen LogP contribution is -2.09. The van der Waals surface area contributed by atoms with Gasteiger partial charge in [-0.2, -0.15) is 13.2 Å². The van der Waals surface area contributed by atoms with E-state index < -0.39 is 17.7 Å². The molecule has 0 saturated heterocycles. The third kappa shape index (κ3) is 4.19. The normalized spacial score (nSPS) is 11.5. The van der Waals surface area contributed by atoms with Gasteiger partial charge in [0.25, 0.3) is 0 Å². The fourth-order valence-corrected chi connectivity index (χ4v) is 3.55. The number of nitrogens with one attached hydrogen (secondary N) is 2. The fraction of sp³-hybridized carbons (Fsp3) is 0.0909. The van der Waals surface area contributed by atoms with E-state index in [9.17, 15) is 18.0 Å². The number of aromatic amines is 1. The Bertz CT molecular complexity index is 1250. The second-order valence-electron chi connectivity index (χ2n) is 6.83. The molecule has 4 aromatic rings. The molecular weight excluding hydrogens is 447 g/mol. The molecule has 0 atom stereocenters. The van der Waals surface area contributed by atoms with Gasteiger partial charge in [0, 0.05) is 41.3 Å². The van der Waals surface area contributed by atoms with Crippen LogP contribution in [0.4, 0.5) is 18.9 Å². The van der Waals surface area contributed by atoms with Crippen LogP contribution in [0, 0.1) is 0 Å². The van der Waals surface area contributed by atoms with Gasteiger partial charge in [-0.1, -0.05) is 22.8 Å². The van der Waals surface area contributed by atoms with E-state index in [-0.39, 0.29) is 34.1 Å². The highest BCUT2D eigenvalue weighted by Gasteiger charge is 2.36. The summed E-state index contributed by atoms with van der Waals surface area (Å²) in [7, 11) is 0. The standard InChI is InChI=1S/C22H15ClF3N3O3/c23-17-3-1-2-16(22(24,25)26)18(17)19-15(20(32-29-19)13-8-9-27-10-13)11-28-14-6-4-12(5-7-14)21(30)31/h1-10,27-28H,11H2,(H,30,31). The summed E-state index contributed by atoms with van der Waals surface area (Å²) in [5, 5.41) is 15.9. The monoisotopic (exact) mass is 461 g/mol. The Labute approximate surface area is 184 Å². The molecule has 0 aliphatic heterocycles. The molecule has 32 heavy (non-hydrogen) atoms. The number of carbonyl (C=O) groups is 1. The van der Waals surface area contributed by atoms with E-state index >= 15 is 0 Å². The molecule has 0 spiro atoms. The van der Waals surface area contributed by atoms with Gasteiger partial charge in [0.05, 0.1) is 16.1 Å². The molecule has 0 unspecified atom stereocenters. The lowest BCUT2D eigenvalue weighted by molar-refractivity contribution is -0.137. The maximum absolute atomic E-state index is 13.7. The Morgan fingerprint density at radius 2 is 1.91 bits per heavy atom. The van der Waals surface area contributed by atoms with Crippen molar-refractivity contribution in [3.8, 4) is 22.6 Å². The minimum absolute atomic E-state index is 0.0335. The minimum atomic E-state index is -4.65. The first-order valence-electron chi connectivity index (χ1n) is 9.30. The number of nitrogens with zero attached hydrogens (tertiary/aromatic N) is 1. The van der Waals surface area contributed by atoms with Crippen LogP contribution >= 0.6 is 11.6 Å². The lowest BCUT2D eigenvalue weighted by Gasteiger charge is -2.14. The Morgan fingerprint density at radius 3 is 2.53 bits per heavy atom. The largest absolute Gasteiger partial charge is 0.478 e. The van der Waals surface area contributed by atoms with E-state index in [0.717, 1.165) is 6.07 Å². The summed E-state index contributed by atoms with van der Waals surface area (Å²) in [6.45, 7) is 0.0499. The summed E-state index contributed by atoms with van der Waals surface area (Å²) in [6, 6.07) is 11.2. The molecule has 0 fully saturated rings. The predicted octanol–water partition coefficient (Wildman–Crippen LogP) is 6.32. The molecule has 0 radical (unpaired) electrons. The topological polar surface area (TPSA) is 91.2 Å². The first kappa shape index (κ1) is 21.5. The number of alkyl halides is 3. The molecule has 4 rings (SSSR count). The van der Waals surface area contributed by atoms with Crippen LogP contribution in [0.15, 0.2) is 65.4 Å². The van der Waals surface area contributed by atoms with Crippen molar-refractivity contribution in [3.63, 3.8) is 0 Å². The molecule has 2 heterocycles. The number of hydrogen-bond acceptors (Lipinski definition) is 4. The summed E-state index contributed by atoms with van der Waals surface area (Å²) >= 11 is 6.18. The highest BCUT2D eigenvalue weighted by atomic mass is 35.5. The van der Waals surface area contributed by atoms with Crippen LogP contribution in [0.5, 0.6) is 0 Å². The van der Waals surface area contributed by atoms with Gasteiger partial charge in [-0.25, -0.2) is 4.79 Å². The summed E-state index contributed by atoms with van der Waals surface area (Å²) < 4.78 is 46.5. The number of halogens is 4. The second kappa shape index (κ2) is 8.43. The van der Waals surface area contributed by atoms with Crippen LogP contribution in [0.2, 0.25) is 5.02 Å². The molecule has 0 aliphatic carbocycles. The first-order chi connectivity index (χ1) is 15.3. The smallest absolute Gasteiger partial charge is 0.417 e. The zero-order chi connectivity index (χ0) is 22.9. The van der Waals surface area contributed by atoms with Gasteiger partial charge in [-0.15, -0.1) is 0 Å². The van der Waals surface area contributed by atoms with Crippen LogP contribution < -0.4 is 5.32 Å². The van der Waals surface area contributed by atoms with Crippen LogP contribution in [-0.2, 0) is 12.7 Å². The Hall–Kier alpha value is -3.72. The van der Waals surface area contributed by atoms with Crippen molar-refractivity contribution < 1.29 is 27.6 Å². The number of aromatic nitrogens is 2. The fourth-order valence-electron chi connectivity index (χ4n) is 3.28. The van der Waals surface area contributed by atoms with Gasteiger partial charge >= 0.3 is 12.1 Å². The molecule has 2 aromatic carbocycles. The summed E-state index contributed by atoms with van der Waals surface area (Å²) in [5.41, 5.74) is 0.412. The van der Waals surface area contributed by atoms with Gasteiger partial charge in [0.2, 0.25) is 0 Å². The van der Waals surface area contributed by atoms with E-state index in [4.69, 9.17) is 21.2 Å². The number of H-pyrrole nitrogens is 1. The van der Waals surface area contributed by atoms with Crippen molar-refractivity contribution in [3.05, 3.63) is 82.6 Å². The zero-order valence-corrected chi connectivity index (χ0v) is 17.0. The number of carboxylic acids is 1. The highest BCUT2D eigenvalue weighted by molar-refractivity contribution is 6.33. The number of carboxylic acid groups (broad SMARTS) is 1. The lowest BCUT2D eigenvalue weighted by atomic mass is 9.98. The van der Waals surface area contributed by atoms with Crippen molar-refractivity contribution in [2.75, 3.05) is 5.32 Å². The van der Waals surface area contributed by atoms with E-state index in [1.54, 1.807) is 30.6 Å². The number of aromatic carboxylic acids is 1. The Balaban J connectivity index is 1.78. The Morgan fingerprint density at radius 1 is 1.16 bits per heavy atom. The summed E-state index contributed by atoms with van der Waals surface area (Å²) in [6.07, 6.45) is -1.37. The quantitative estimate of drug-likeness (QED) is 0.312. The minimum Gasteiger partial charge on any atom is -0.478 e. The van der Waals surface area contributed by atoms with Crippen LogP contribution in [0.1, 0.15) is 21.5 Å². The molecular formula is C22H15ClF3N3O3. The number of benzene rings is 2. The molecule has 0 saturated carbocycles. The number of anilines is 1. The molecule has 2 aromatic heterocycles. The molecule has 0 aliphatic rings. The van der Waals surface area contributed by atoms with E-state index in [1.165, 1.54) is 24.3 Å². The average Bonchev–Trinajstić information content (AvgIpc) is 3.41. The van der Waals surface area contributed by atoms with Gasteiger partial charge in [-0.3, -0.25) is 0 Å². The van der Waals surface area contributed by atoms with Gasteiger partial charge < -0.3 is 19.9 Å². The molecule has 0 bridgehead atoms. The first-order valence-corrected chi connectivity index (χ1v) is 9.68. The van der Waals surface area contributed by atoms with Crippen molar-refractivity contribution >= 4 is 23.3 Å². The maximum atomic E-state index is 13.7. The second-order valence-corrected chi connectivity index (χ2v) is 7.24. The molecule has 6 nitrogen and oxygen atoms in total.